The van der Waals surface area contributed by atoms with Crippen LogP contribution in [0.1, 0.15) is 93.0 Å². The molecule has 1 fully saturated rings. The molecule has 0 spiro atoms. The second kappa shape index (κ2) is 15.1. The minimum absolute atomic E-state index is 0.347. The number of unbranched alkanes of at least 4 members (excludes halogenated alkanes) is 3. The van der Waals surface area contributed by atoms with Gasteiger partial charge in [-0.2, -0.15) is 0 Å². The zero-order valence-corrected chi connectivity index (χ0v) is 21.6. The minimum atomic E-state index is -0.375. The minimum Gasteiger partial charge on any atom is -0.494 e. The second-order valence-corrected chi connectivity index (χ2v) is 9.62. The number of ether oxygens (including phenoxy) is 3. The number of benzene rings is 2. The SMILES string of the molecule is C=CC(=O)OCCCCCCOc1ccc(OC(=O)c2ccc([C@H]3CC[C@H](CCC)CC3)cc2)cc1. The normalized spacial score (nSPS) is 17.2. The molecule has 5 heteroatoms. The molecule has 3 rings (SSSR count). The number of esters is 2. The van der Waals surface area contributed by atoms with Crippen molar-refractivity contribution in [2.45, 2.75) is 77.0 Å². The standard InChI is InChI=1S/C31H40O5/c1-3-9-24-10-12-25(13-11-24)26-14-16-27(17-15-26)31(33)36-29-20-18-28(19-21-29)34-22-7-5-6-8-23-35-30(32)4-2/h4,14-21,24-25H,2-3,5-13,22-23H2,1H3/t24-,25-. The molecule has 0 amide bonds. The number of rotatable bonds is 14. The van der Waals surface area contributed by atoms with E-state index < -0.39 is 0 Å². The molecule has 1 aliphatic carbocycles. The fourth-order valence-corrected chi connectivity index (χ4v) is 4.83. The molecule has 0 aliphatic heterocycles. The summed E-state index contributed by atoms with van der Waals surface area (Å²) < 4.78 is 16.3. The van der Waals surface area contributed by atoms with Crippen LogP contribution in [-0.2, 0) is 9.53 Å². The van der Waals surface area contributed by atoms with Gasteiger partial charge in [-0.05, 0) is 105 Å². The quantitative estimate of drug-likeness (QED) is 0.117. The van der Waals surface area contributed by atoms with Gasteiger partial charge < -0.3 is 14.2 Å². The van der Waals surface area contributed by atoms with Gasteiger partial charge in [-0.3, -0.25) is 0 Å². The number of carbonyl (C=O) groups is 2. The van der Waals surface area contributed by atoms with E-state index in [0.717, 1.165) is 37.4 Å². The monoisotopic (exact) mass is 492 g/mol. The summed E-state index contributed by atoms with van der Waals surface area (Å²) >= 11 is 0. The summed E-state index contributed by atoms with van der Waals surface area (Å²) in [5, 5.41) is 0. The molecular formula is C31H40O5. The first-order chi connectivity index (χ1) is 17.6. The molecule has 1 aliphatic rings. The van der Waals surface area contributed by atoms with E-state index in [0.29, 0.717) is 30.4 Å². The van der Waals surface area contributed by atoms with Gasteiger partial charge in [-0.1, -0.05) is 38.5 Å². The van der Waals surface area contributed by atoms with Crippen LogP contribution >= 0.6 is 0 Å². The Bertz CT molecular complexity index is 940. The highest BCUT2D eigenvalue weighted by atomic mass is 16.5. The highest BCUT2D eigenvalue weighted by Gasteiger charge is 2.22. The zero-order valence-electron chi connectivity index (χ0n) is 21.6. The fourth-order valence-electron chi connectivity index (χ4n) is 4.83. The third-order valence-electron chi connectivity index (χ3n) is 6.91. The van der Waals surface area contributed by atoms with Gasteiger partial charge in [0.25, 0.3) is 0 Å². The first-order valence-electron chi connectivity index (χ1n) is 13.4. The summed E-state index contributed by atoms with van der Waals surface area (Å²) in [7, 11) is 0. The third-order valence-corrected chi connectivity index (χ3v) is 6.91. The van der Waals surface area contributed by atoms with Crippen molar-refractivity contribution < 1.29 is 23.8 Å². The van der Waals surface area contributed by atoms with Crippen molar-refractivity contribution in [3.63, 3.8) is 0 Å². The number of hydrogen-bond donors (Lipinski definition) is 0. The van der Waals surface area contributed by atoms with Gasteiger partial charge in [-0.15, -0.1) is 0 Å². The van der Waals surface area contributed by atoms with Gasteiger partial charge in [0, 0.05) is 6.08 Å². The van der Waals surface area contributed by atoms with Crippen molar-refractivity contribution in [1.82, 2.24) is 0 Å². The van der Waals surface area contributed by atoms with Crippen LogP contribution in [-0.4, -0.2) is 25.2 Å². The van der Waals surface area contributed by atoms with Crippen molar-refractivity contribution >= 4 is 11.9 Å². The first-order valence-corrected chi connectivity index (χ1v) is 13.4. The van der Waals surface area contributed by atoms with E-state index in [1.807, 2.05) is 24.3 Å². The molecule has 0 radical (unpaired) electrons. The molecule has 0 saturated heterocycles. The Morgan fingerprint density at radius 1 is 0.861 bits per heavy atom. The smallest absolute Gasteiger partial charge is 0.343 e. The lowest BCUT2D eigenvalue weighted by atomic mass is 9.77. The lowest BCUT2D eigenvalue weighted by Crippen LogP contribution is -2.13. The van der Waals surface area contributed by atoms with Crippen LogP contribution in [0.15, 0.2) is 61.2 Å². The van der Waals surface area contributed by atoms with Crippen molar-refractivity contribution in [3.05, 3.63) is 72.3 Å². The molecule has 0 bridgehead atoms. The van der Waals surface area contributed by atoms with Crippen LogP contribution in [0, 0.1) is 5.92 Å². The lowest BCUT2D eigenvalue weighted by Gasteiger charge is -2.28. The average Bonchev–Trinajstić information content (AvgIpc) is 2.91. The summed E-state index contributed by atoms with van der Waals surface area (Å²) in [6.07, 6.45) is 12.7. The van der Waals surface area contributed by atoms with Crippen LogP contribution < -0.4 is 9.47 Å². The van der Waals surface area contributed by atoms with Gasteiger partial charge >= 0.3 is 11.9 Å². The highest BCUT2D eigenvalue weighted by Crippen LogP contribution is 2.37. The third kappa shape index (κ3) is 9.18. The molecule has 2 aromatic carbocycles. The fraction of sp³-hybridized carbons (Fsp3) is 0.484. The maximum Gasteiger partial charge on any atom is 0.343 e. The Hall–Kier alpha value is -3.08. The predicted octanol–water partition coefficient (Wildman–Crippen LogP) is 7.65. The van der Waals surface area contributed by atoms with E-state index in [1.165, 1.54) is 50.2 Å². The molecule has 0 N–H and O–H groups in total. The summed E-state index contributed by atoms with van der Waals surface area (Å²) in [5.74, 6) is 2.02. The molecule has 2 aromatic rings. The van der Waals surface area contributed by atoms with Crippen molar-refractivity contribution in [1.29, 1.82) is 0 Å². The van der Waals surface area contributed by atoms with E-state index in [4.69, 9.17) is 14.2 Å². The van der Waals surface area contributed by atoms with E-state index in [1.54, 1.807) is 12.1 Å². The van der Waals surface area contributed by atoms with Crippen molar-refractivity contribution in [2.24, 2.45) is 5.92 Å². The summed E-state index contributed by atoms with van der Waals surface area (Å²) in [6.45, 7) is 6.68. The Morgan fingerprint density at radius 3 is 2.14 bits per heavy atom. The van der Waals surface area contributed by atoms with Gasteiger partial charge in [0.15, 0.2) is 0 Å². The maximum atomic E-state index is 12.6. The predicted molar refractivity (Wildman–Crippen MR) is 143 cm³/mol. The van der Waals surface area contributed by atoms with Crippen LogP contribution in [0.25, 0.3) is 0 Å². The van der Waals surface area contributed by atoms with Gasteiger partial charge in [0.2, 0.25) is 0 Å². The van der Waals surface area contributed by atoms with E-state index in [2.05, 4.69) is 25.6 Å². The summed E-state index contributed by atoms with van der Waals surface area (Å²) in [4.78, 5) is 23.6. The largest absolute Gasteiger partial charge is 0.494 e. The van der Waals surface area contributed by atoms with Gasteiger partial charge in [-0.25, -0.2) is 9.59 Å². The topological polar surface area (TPSA) is 61.8 Å². The van der Waals surface area contributed by atoms with Gasteiger partial charge in [0.1, 0.15) is 11.5 Å². The summed E-state index contributed by atoms with van der Waals surface area (Å²) in [6, 6.07) is 15.1. The molecule has 5 nitrogen and oxygen atoms in total. The number of carbonyl (C=O) groups excluding carboxylic acids is 2. The second-order valence-electron chi connectivity index (χ2n) is 9.62. The molecule has 0 atom stereocenters. The van der Waals surface area contributed by atoms with Crippen LogP contribution in [0.4, 0.5) is 0 Å². The van der Waals surface area contributed by atoms with E-state index >= 15 is 0 Å². The van der Waals surface area contributed by atoms with Gasteiger partial charge in [0.05, 0.1) is 18.8 Å². The number of hydrogen-bond acceptors (Lipinski definition) is 5. The molecule has 0 unspecified atom stereocenters. The molecule has 0 aromatic heterocycles. The average molecular weight is 493 g/mol. The molecule has 36 heavy (non-hydrogen) atoms. The lowest BCUT2D eigenvalue weighted by molar-refractivity contribution is -0.137. The van der Waals surface area contributed by atoms with Crippen molar-refractivity contribution in [2.75, 3.05) is 13.2 Å². The molecule has 0 heterocycles. The van der Waals surface area contributed by atoms with E-state index in [9.17, 15) is 9.59 Å². The zero-order chi connectivity index (χ0) is 25.6. The van der Waals surface area contributed by atoms with Crippen LogP contribution in [0.3, 0.4) is 0 Å². The first kappa shape index (κ1) is 27.5. The van der Waals surface area contributed by atoms with E-state index in [-0.39, 0.29) is 11.9 Å². The van der Waals surface area contributed by atoms with Crippen LogP contribution in [0.5, 0.6) is 11.5 Å². The van der Waals surface area contributed by atoms with Crippen molar-refractivity contribution in [3.8, 4) is 11.5 Å². The molecular weight excluding hydrogens is 452 g/mol. The maximum absolute atomic E-state index is 12.6. The Balaban J connectivity index is 1.35. The Kier molecular flexibility index (Phi) is 11.6. The summed E-state index contributed by atoms with van der Waals surface area (Å²) in [5.41, 5.74) is 1.90. The van der Waals surface area contributed by atoms with Crippen LogP contribution in [0.2, 0.25) is 0 Å². The highest BCUT2D eigenvalue weighted by molar-refractivity contribution is 5.91. The molecule has 194 valence electrons. The molecule has 1 saturated carbocycles. The Morgan fingerprint density at radius 2 is 1.50 bits per heavy atom. The Labute approximate surface area is 215 Å².